The summed E-state index contributed by atoms with van der Waals surface area (Å²) >= 11 is 0. The fraction of sp³-hybridized carbons (Fsp3) is 0.476. The number of para-hydroxylation sites is 2. The van der Waals surface area contributed by atoms with Crippen LogP contribution in [0.1, 0.15) is 13.8 Å². The van der Waals surface area contributed by atoms with Crippen LogP contribution in [-0.4, -0.2) is 161 Å². The molecule has 21 nitrogen and oxygen atoms in total. The van der Waals surface area contributed by atoms with Gasteiger partial charge in [-0.3, -0.25) is 13.3 Å². The van der Waals surface area contributed by atoms with Crippen molar-refractivity contribution in [1.29, 1.82) is 0 Å². The fourth-order valence-electron chi connectivity index (χ4n) is 6.55. The molecular formula is C42H60N8O13S3. The third-order valence-corrected chi connectivity index (χ3v) is 10.7. The Hall–Kier alpha value is -5.50. The van der Waals surface area contributed by atoms with Gasteiger partial charge >= 0.3 is 10.6 Å². The highest BCUT2D eigenvalue weighted by molar-refractivity contribution is 7.86. The van der Waals surface area contributed by atoms with Crippen molar-refractivity contribution in [2.45, 2.75) is 25.9 Å². The average Bonchev–Trinajstić information content (AvgIpc) is 3.29. The van der Waals surface area contributed by atoms with Gasteiger partial charge in [-0.15, -0.1) is 12.6 Å². The van der Waals surface area contributed by atoms with Crippen LogP contribution in [0.5, 0.6) is 23.0 Å². The van der Waals surface area contributed by atoms with Crippen LogP contribution in [0, 0.1) is 0 Å². The second kappa shape index (κ2) is 27.2. The lowest BCUT2D eigenvalue weighted by Crippen LogP contribution is -2.51. The van der Waals surface area contributed by atoms with Crippen molar-refractivity contribution >= 4 is 53.9 Å². The first-order valence-corrected chi connectivity index (χ1v) is 25.6. The summed E-state index contributed by atoms with van der Waals surface area (Å²) in [5, 5.41) is 6.53. The molecule has 7 rings (SSSR count). The number of fused-ring (bicyclic) bond motifs is 2. The molecule has 4 aromatic rings. The molecule has 3 aliphatic rings. The summed E-state index contributed by atoms with van der Waals surface area (Å²) in [4.78, 5) is 15.1. The van der Waals surface area contributed by atoms with E-state index in [9.17, 15) is 16.8 Å². The quantitative estimate of drug-likeness (QED) is 0.128. The van der Waals surface area contributed by atoms with Crippen LogP contribution in [0.4, 0.5) is 23.0 Å². The molecule has 0 saturated carbocycles. The molecule has 24 heteroatoms. The van der Waals surface area contributed by atoms with Gasteiger partial charge in [0.05, 0.1) is 37.1 Å². The molecule has 0 amide bonds. The summed E-state index contributed by atoms with van der Waals surface area (Å²) in [7, 11) is -10.3. The number of pyridine rings is 2. The molecule has 2 unspecified atom stereocenters. The van der Waals surface area contributed by atoms with E-state index in [2.05, 4.69) is 49.5 Å². The van der Waals surface area contributed by atoms with E-state index in [1.807, 2.05) is 55.6 Å². The van der Waals surface area contributed by atoms with Crippen molar-refractivity contribution in [2.24, 2.45) is 5.73 Å². The Morgan fingerprint density at radius 2 is 1.17 bits per heavy atom. The number of nitrogens with one attached hydrogen (secondary N) is 2. The zero-order chi connectivity index (χ0) is 48.0. The van der Waals surface area contributed by atoms with Crippen molar-refractivity contribution in [1.82, 2.24) is 14.9 Å². The molecule has 66 heavy (non-hydrogen) atoms. The number of aromatic nitrogens is 2. The molecule has 0 spiro atoms. The largest absolute Gasteiger partial charge is 0.486 e. The molecule has 0 aliphatic carbocycles. The average molecular weight is 981 g/mol. The highest BCUT2D eigenvalue weighted by Gasteiger charge is 2.26. The molecule has 2 aromatic heterocycles. The van der Waals surface area contributed by atoms with Crippen molar-refractivity contribution in [2.75, 3.05) is 125 Å². The lowest BCUT2D eigenvalue weighted by atomic mass is 10.2. The Labute approximate surface area is 388 Å². The number of nitrogens with two attached hydrogens (primary N) is 1. The number of hydrogen-bond donors (Lipinski definition) is 3. The minimum absolute atomic E-state index is 0.0950. The summed E-state index contributed by atoms with van der Waals surface area (Å²) in [6, 6.07) is 23.8. The van der Waals surface area contributed by atoms with E-state index in [0.29, 0.717) is 49.7 Å². The highest BCUT2D eigenvalue weighted by atomic mass is 32.2. The Balaban J connectivity index is 0.000000222. The molecule has 5 heterocycles. The molecule has 4 N–H and O–H groups in total. The highest BCUT2D eigenvalue weighted by Crippen LogP contribution is 2.40. The zero-order valence-corrected chi connectivity index (χ0v) is 39.9. The van der Waals surface area contributed by atoms with Crippen LogP contribution >= 0.6 is 0 Å². The zero-order valence-electron chi connectivity index (χ0n) is 37.5. The van der Waals surface area contributed by atoms with E-state index in [0.717, 1.165) is 80.6 Å². The molecule has 2 aromatic carbocycles. The normalized spacial score (nSPS) is 15.1. The molecule has 1 saturated heterocycles. The van der Waals surface area contributed by atoms with Gasteiger partial charge in [-0.25, -0.2) is 9.97 Å². The third-order valence-electron chi connectivity index (χ3n) is 9.54. The Morgan fingerprint density at radius 3 is 1.67 bits per heavy atom. The van der Waals surface area contributed by atoms with E-state index < -0.39 is 30.8 Å². The number of nitrogens with zero attached hydrogens (tertiary/aromatic N) is 5. The number of anilines is 4. The van der Waals surface area contributed by atoms with E-state index in [-0.39, 0.29) is 32.3 Å². The molecule has 0 bridgehead atoms. The molecular weight excluding hydrogens is 921 g/mol. The van der Waals surface area contributed by atoms with Gasteiger partial charge in [-0.2, -0.15) is 16.8 Å². The summed E-state index contributed by atoms with van der Waals surface area (Å²) < 4.78 is 102. The number of hydrogen-bond acceptors (Lipinski definition) is 21. The number of piperazine rings is 1. The van der Waals surface area contributed by atoms with Gasteiger partial charge in [0, 0.05) is 76.8 Å². The molecule has 364 valence electrons. The predicted octanol–water partition coefficient (Wildman–Crippen LogP) is 2.53. The lowest BCUT2D eigenvalue weighted by molar-refractivity contribution is 0.170. The van der Waals surface area contributed by atoms with E-state index in [4.69, 9.17) is 45.7 Å². The second-order valence-electron chi connectivity index (χ2n) is 14.9. The van der Waals surface area contributed by atoms with E-state index in [1.54, 1.807) is 29.3 Å². The Bertz CT molecular complexity index is 2360. The molecule has 1 fully saturated rings. The third kappa shape index (κ3) is 19.9. The maximum Gasteiger partial charge on any atom is 0.425 e. The van der Waals surface area contributed by atoms with Crippen LogP contribution in [-0.2, 0) is 39.2 Å². The van der Waals surface area contributed by atoms with Crippen LogP contribution in [0.25, 0.3) is 0 Å². The van der Waals surface area contributed by atoms with Crippen molar-refractivity contribution in [3.63, 3.8) is 0 Å². The van der Waals surface area contributed by atoms with Crippen LogP contribution in [0.3, 0.4) is 0 Å². The predicted molar refractivity (Wildman–Crippen MR) is 251 cm³/mol. The van der Waals surface area contributed by atoms with Gasteiger partial charge in [0.2, 0.25) is 0 Å². The van der Waals surface area contributed by atoms with Crippen LogP contribution < -0.4 is 45.1 Å². The smallest absolute Gasteiger partial charge is 0.425 e. The van der Waals surface area contributed by atoms with E-state index in [1.165, 1.54) is 0 Å². The van der Waals surface area contributed by atoms with Gasteiger partial charge in [0.1, 0.15) is 38.1 Å². The van der Waals surface area contributed by atoms with Gasteiger partial charge in [-0.05, 0) is 62.4 Å². The Kier molecular flexibility index (Phi) is 21.9. The second-order valence-corrected chi connectivity index (χ2v) is 18.6. The first kappa shape index (κ1) is 53.1. The number of rotatable bonds is 17. The van der Waals surface area contributed by atoms with Gasteiger partial charge in [0.15, 0.2) is 23.0 Å². The van der Waals surface area contributed by atoms with Gasteiger partial charge in [0.25, 0.3) is 20.2 Å². The van der Waals surface area contributed by atoms with Crippen molar-refractivity contribution in [3.05, 3.63) is 85.2 Å². The van der Waals surface area contributed by atoms with E-state index >= 15 is 0 Å². The topological polar surface area (TPSA) is 260 Å². The maximum atomic E-state index is 11.1. The first-order valence-electron chi connectivity index (χ1n) is 21.0. The Morgan fingerprint density at radius 1 is 0.682 bits per heavy atom. The minimum atomic E-state index is -3.57. The minimum Gasteiger partial charge on any atom is -0.486 e. The van der Waals surface area contributed by atoms with Crippen LogP contribution in [0.2, 0.25) is 0 Å². The molecule has 0 radical (unpaired) electrons. The van der Waals surface area contributed by atoms with Gasteiger partial charge in [-0.1, -0.05) is 24.3 Å². The first-order chi connectivity index (χ1) is 31.5. The standard InChI is InChI=1S/C20H26N4O2.C14H21NO8S2.C8H13N3.O3S/c1-16(15-22-19-7-2-3-8-21-19)23-9-11-24(12-10-23)17-5-4-6-18-20(17)26-14-13-25-18;1-24(16,17)22-8-6-15(7-9-23-25(2,18)19)12-4-3-5-13-14(12)21-11-10-20-13;1-7(9)6-11-8-4-2-3-5-10-8;1-4(2)3/h2-8,16H,9-15H2,1H3,(H,21,22);3-5H,6-11H2,1-2H3;2-5,7H,6,9H2,1H3,(H,10,11);. The number of benzene rings is 2. The summed E-state index contributed by atoms with van der Waals surface area (Å²) in [5.74, 6) is 4.67. The van der Waals surface area contributed by atoms with Crippen molar-refractivity contribution < 1.29 is 56.8 Å². The summed E-state index contributed by atoms with van der Waals surface area (Å²) in [6.45, 7) is 12.2. The van der Waals surface area contributed by atoms with Crippen LogP contribution in [0.15, 0.2) is 85.2 Å². The molecule has 3 aliphatic heterocycles. The summed E-state index contributed by atoms with van der Waals surface area (Å²) in [5.41, 5.74) is 7.35. The monoisotopic (exact) mass is 980 g/mol. The SMILES string of the molecule is CC(CNc1ccccn1)N1CCN(c2cccc3c2OCCO3)CC1.CC(N)CNc1ccccn1.CS(=O)(=O)OCCN(CCOS(C)(=O)=O)c1cccc2c1OCCO2.O=S(=O)=O. The lowest BCUT2D eigenvalue weighted by Gasteiger charge is -2.40. The molecule has 2 atom stereocenters. The summed E-state index contributed by atoms with van der Waals surface area (Å²) in [6.07, 6.45) is 5.50. The van der Waals surface area contributed by atoms with Crippen molar-refractivity contribution in [3.8, 4) is 23.0 Å². The van der Waals surface area contributed by atoms with Gasteiger partial charge < -0.3 is 45.1 Å². The maximum absolute atomic E-state index is 11.1. The number of ether oxygens (including phenoxy) is 4. The fourth-order valence-corrected chi connectivity index (χ4v) is 7.30.